The summed E-state index contributed by atoms with van der Waals surface area (Å²) in [7, 11) is 2.83. The predicted octanol–water partition coefficient (Wildman–Crippen LogP) is 7.97. The van der Waals surface area contributed by atoms with Gasteiger partial charge in [0.2, 0.25) is 0 Å². The van der Waals surface area contributed by atoms with Gasteiger partial charge in [0.05, 0.1) is 45.3 Å². The highest BCUT2D eigenvalue weighted by Crippen LogP contribution is 2.32. The van der Waals surface area contributed by atoms with Crippen molar-refractivity contribution in [3.05, 3.63) is 59.7 Å². The van der Waals surface area contributed by atoms with Gasteiger partial charge in [-0.25, -0.2) is 0 Å². The van der Waals surface area contributed by atoms with Crippen molar-refractivity contribution in [3.63, 3.8) is 0 Å². The number of hydrogen-bond acceptors (Lipinski definition) is 14. The molecule has 0 fully saturated rings. The number of thioether (sulfide) groups is 2. The number of ether oxygens (including phenoxy) is 6. The molecule has 2 atom stereocenters. The van der Waals surface area contributed by atoms with E-state index >= 15 is 0 Å². The van der Waals surface area contributed by atoms with E-state index in [0.717, 1.165) is 0 Å². The number of rotatable bonds is 22. The maximum Gasteiger partial charge on any atom is 0.315 e. The molecular formula is C43H56O12S2. The van der Waals surface area contributed by atoms with Crippen LogP contribution in [-0.4, -0.2) is 84.9 Å². The molecule has 2 rings (SSSR count). The summed E-state index contributed by atoms with van der Waals surface area (Å²) >= 11 is 3.10. The Labute approximate surface area is 344 Å². The summed E-state index contributed by atoms with van der Waals surface area (Å²) in [5.41, 5.74) is -0.247. The van der Waals surface area contributed by atoms with Gasteiger partial charge in [-0.05, 0) is 126 Å². The number of ketones is 2. The van der Waals surface area contributed by atoms with Crippen LogP contribution in [0.5, 0.6) is 23.0 Å². The van der Waals surface area contributed by atoms with Crippen molar-refractivity contribution >= 4 is 71.1 Å². The van der Waals surface area contributed by atoms with Crippen LogP contribution in [0, 0.1) is 11.8 Å². The molecule has 312 valence electrons. The van der Waals surface area contributed by atoms with Crippen LogP contribution in [0.15, 0.2) is 48.6 Å². The van der Waals surface area contributed by atoms with Gasteiger partial charge >= 0.3 is 23.9 Å². The fourth-order valence-corrected chi connectivity index (χ4v) is 6.13. The van der Waals surface area contributed by atoms with E-state index < -0.39 is 64.9 Å². The number of esters is 4. The van der Waals surface area contributed by atoms with E-state index in [4.69, 9.17) is 28.4 Å². The second-order valence-electron chi connectivity index (χ2n) is 15.0. The van der Waals surface area contributed by atoms with E-state index in [1.54, 1.807) is 89.3 Å². The molecule has 0 amide bonds. The molecule has 0 saturated carbocycles. The highest BCUT2D eigenvalue weighted by molar-refractivity contribution is 7.98. The lowest BCUT2D eigenvalue weighted by Crippen LogP contribution is -2.29. The highest BCUT2D eigenvalue weighted by atomic mass is 32.2. The van der Waals surface area contributed by atoms with Gasteiger partial charge in [0.25, 0.3) is 0 Å². The van der Waals surface area contributed by atoms with Crippen molar-refractivity contribution in [2.24, 2.45) is 11.8 Å². The van der Waals surface area contributed by atoms with E-state index in [9.17, 15) is 28.8 Å². The molecular weight excluding hydrogens is 773 g/mol. The Morgan fingerprint density at radius 1 is 0.596 bits per heavy atom. The van der Waals surface area contributed by atoms with Gasteiger partial charge in [0.15, 0.2) is 34.6 Å². The first-order chi connectivity index (χ1) is 26.8. The number of carbonyl (C=O) groups is 6. The molecule has 0 aliphatic carbocycles. The largest absolute Gasteiger partial charge is 0.493 e. The predicted molar refractivity (Wildman–Crippen MR) is 224 cm³/mol. The molecule has 0 spiro atoms. The van der Waals surface area contributed by atoms with Crippen LogP contribution >= 0.6 is 23.5 Å². The molecule has 0 saturated heterocycles. The number of methoxy groups -OCH3 is 2. The smallest absolute Gasteiger partial charge is 0.315 e. The molecule has 0 aromatic heterocycles. The van der Waals surface area contributed by atoms with Gasteiger partial charge in [-0.2, -0.15) is 23.5 Å². The normalized spacial score (nSPS) is 12.8. The SMILES string of the molecule is COc1cc(/C=C/C(=O)CC(=O)/C=C/c2ccc(OC(=O)[C@H](CCSC)CC(=O)OC(C)(C)C)c(OC)c2)ccc1OC(=O)[C@H](CCSC)CC(=O)OC(C)(C)C. The Bertz CT molecular complexity index is 1640. The van der Waals surface area contributed by atoms with Crippen LogP contribution < -0.4 is 18.9 Å². The minimum absolute atomic E-state index is 0.119. The maximum atomic E-state index is 13.1. The minimum Gasteiger partial charge on any atom is -0.493 e. The molecule has 0 unspecified atom stereocenters. The van der Waals surface area contributed by atoms with Crippen LogP contribution in [0.25, 0.3) is 12.2 Å². The van der Waals surface area contributed by atoms with Crippen LogP contribution in [0.1, 0.15) is 84.8 Å². The van der Waals surface area contributed by atoms with E-state index in [1.165, 1.54) is 50.7 Å². The number of allylic oxidation sites excluding steroid dienone is 2. The van der Waals surface area contributed by atoms with Gasteiger partial charge in [-0.1, -0.05) is 24.3 Å². The van der Waals surface area contributed by atoms with Gasteiger partial charge in [-0.15, -0.1) is 0 Å². The lowest BCUT2D eigenvalue weighted by atomic mass is 10.0. The van der Waals surface area contributed by atoms with Crippen molar-refractivity contribution in [2.75, 3.05) is 38.2 Å². The second kappa shape index (κ2) is 23.6. The molecule has 2 aromatic carbocycles. The Morgan fingerprint density at radius 3 is 1.28 bits per heavy atom. The Kier molecular flexibility index (Phi) is 20.1. The van der Waals surface area contributed by atoms with E-state index in [-0.39, 0.29) is 35.8 Å². The maximum absolute atomic E-state index is 13.1. The zero-order chi connectivity index (χ0) is 42.8. The monoisotopic (exact) mass is 828 g/mol. The summed E-state index contributed by atoms with van der Waals surface area (Å²) < 4.78 is 32.9. The summed E-state index contributed by atoms with van der Waals surface area (Å²) in [5, 5.41) is 0. The molecule has 0 heterocycles. The molecule has 0 aliphatic rings. The second-order valence-corrected chi connectivity index (χ2v) is 16.9. The van der Waals surface area contributed by atoms with Crippen molar-refractivity contribution in [3.8, 4) is 23.0 Å². The molecule has 12 nitrogen and oxygen atoms in total. The van der Waals surface area contributed by atoms with Crippen molar-refractivity contribution in [2.45, 2.75) is 84.8 Å². The van der Waals surface area contributed by atoms with Crippen LogP contribution in [0.3, 0.4) is 0 Å². The van der Waals surface area contributed by atoms with Crippen molar-refractivity contribution < 1.29 is 57.2 Å². The zero-order valence-electron chi connectivity index (χ0n) is 34.6. The molecule has 0 radical (unpaired) electrons. The number of benzene rings is 2. The summed E-state index contributed by atoms with van der Waals surface area (Å²) in [6.45, 7) is 10.6. The standard InChI is InChI=1S/C43H56O12S2/c1-42(2,3)54-38(46)25-30(19-21-56-9)40(48)52-34-17-13-28(23-36(34)50-7)11-15-32(44)27-33(45)16-12-29-14-18-35(37(24-29)51-8)53-41(49)31(20-22-57-10)26-39(47)55-43(4,5)6/h11-18,23-24,30-31H,19-22,25-27H2,1-10H3/b15-11+,16-12+/t30-,31-/m1/s1. The molecule has 57 heavy (non-hydrogen) atoms. The first-order valence-electron chi connectivity index (χ1n) is 18.4. The Hall–Kier alpha value is -4.56. The van der Waals surface area contributed by atoms with Crippen LogP contribution in [-0.2, 0) is 38.2 Å². The van der Waals surface area contributed by atoms with E-state index in [0.29, 0.717) is 35.5 Å². The summed E-state index contributed by atoms with van der Waals surface area (Å²) in [6, 6.07) is 9.48. The minimum atomic E-state index is -0.710. The third-order valence-corrected chi connectivity index (χ3v) is 9.03. The third-order valence-electron chi connectivity index (χ3n) is 7.74. The lowest BCUT2D eigenvalue weighted by molar-refractivity contribution is -0.159. The van der Waals surface area contributed by atoms with Crippen LogP contribution in [0.4, 0.5) is 0 Å². The molecule has 14 heteroatoms. The average Bonchev–Trinajstić information content (AvgIpc) is 3.12. The number of hydrogen-bond donors (Lipinski definition) is 0. The third kappa shape index (κ3) is 19.0. The fourth-order valence-electron chi connectivity index (χ4n) is 5.09. The topological polar surface area (TPSA) is 158 Å². The molecule has 0 N–H and O–H groups in total. The summed E-state index contributed by atoms with van der Waals surface area (Å²) in [4.78, 5) is 76.4. The van der Waals surface area contributed by atoms with E-state index in [1.807, 2.05) is 12.5 Å². The van der Waals surface area contributed by atoms with Crippen LogP contribution in [0.2, 0.25) is 0 Å². The molecule has 2 aromatic rings. The Morgan fingerprint density at radius 2 is 0.965 bits per heavy atom. The van der Waals surface area contributed by atoms with E-state index in [2.05, 4.69) is 0 Å². The lowest BCUT2D eigenvalue weighted by Gasteiger charge is -2.22. The quantitative estimate of drug-likeness (QED) is 0.0487. The number of carbonyl (C=O) groups excluding carboxylic acids is 6. The van der Waals surface area contributed by atoms with Crippen molar-refractivity contribution in [1.29, 1.82) is 0 Å². The molecule has 0 bridgehead atoms. The van der Waals surface area contributed by atoms with Gasteiger partial charge < -0.3 is 28.4 Å². The van der Waals surface area contributed by atoms with Gasteiger partial charge in [0.1, 0.15) is 11.2 Å². The molecule has 0 aliphatic heterocycles. The summed E-state index contributed by atoms with van der Waals surface area (Å²) in [5.74, 6) is -2.37. The Balaban J connectivity index is 2.05. The highest BCUT2D eigenvalue weighted by Gasteiger charge is 2.29. The first-order valence-corrected chi connectivity index (χ1v) is 21.2. The fraction of sp³-hybridized carbons (Fsp3) is 0.488. The van der Waals surface area contributed by atoms with Gasteiger partial charge in [-0.3, -0.25) is 28.8 Å². The summed E-state index contributed by atoms with van der Waals surface area (Å²) in [6.07, 6.45) is 9.61. The van der Waals surface area contributed by atoms with Gasteiger partial charge in [0, 0.05) is 0 Å². The van der Waals surface area contributed by atoms with Crippen molar-refractivity contribution in [1.82, 2.24) is 0 Å². The zero-order valence-corrected chi connectivity index (χ0v) is 36.2. The first kappa shape index (κ1) is 48.6. The average molecular weight is 829 g/mol.